The minimum absolute atomic E-state index is 0.0576. The van der Waals surface area contributed by atoms with Crippen molar-refractivity contribution < 1.29 is 5.11 Å². The first kappa shape index (κ1) is 24.3. The maximum atomic E-state index is 11.4. The van der Waals surface area contributed by atoms with E-state index in [2.05, 4.69) is 24.3 Å². The van der Waals surface area contributed by atoms with Crippen LogP contribution in [-0.4, -0.2) is 35.7 Å². The van der Waals surface area contributed by atoms with Gasteiger partial charge >= 0.3 is 0 Å². The topological polar surface area (TPSA) is 45.0 Å². The van der Waals surface area contributed by atoms with Crippen LogP contribution in [0.4, 0.5) is 0 Å². The third-order valence-corrected chi connectivity index (χ3v) is 6.01. The van der Waals surface area contributed by atoms with E-state index >= 15 is 0 Å². The number of aliphatic hydroxyl groups excluding tert-OH is 1. The standard InChI is InChI=1S/C32H32N2O/c35-32(31(22-27-15-7-2-8-16-27)34-25-29-19-11-4-12-20-29)23-30(21-26-13-5-1-6-14-26)33-24-28-17-9-3-10-18-28/h1-20,24-25,30-32,35H,21-23H2/t30-,31-,32-/m0/s1. The summed E-state index contributed by atoms with van der Waals surface area (Å²) in [6.45, 7) is 0. The molecule has 3 nitrogen and oxygen atoms in total. The van der Waals surface area contributed by atoms with Crippen LogP contribution in [-0.2, 0) is 12.8 Å². The molecule has 176 valence electrons. The highest BCUT2D eigenvalue weighted by Crippen LogP contribution is 2.18. The Morgan fingerprint density at radius 3 is 1.49 bits per heavy atom. The van der Waals surface area contributed by atoms with Crippen LogP contribution in [0.2, 0.25) is 0 Å². The molecule has 0 amide bonds. The minimum atomic E-state index is -0.628. The molecular formula is C32H32N2O. The molecule has 0 aliphatic carbocycles. The molecule has 0 aliphatic heterocycles. The highest BCUT2D eigenvalue weighted by molar-refractivity contribution is 5.80. The quantitative estimate of drug-likeness (QED) is 0.266. The van der Waals surface area contributed by atoms with E-state index < -0.39 is 6.10 Å². The van der Waals surface area contributed by atoms with Crippen LogP contribution < -0.4 is 0 Å². The van der Waals surface area contributed by atoms with E-state index in [-0.39, 0.29) is 12.1 Å². The SMILES string of the molecule is O[C@@H](C[C@H](Cc1ccccc1)N=Cc1ccccc1)[C@H](Cc1ccccc1)N=Cc1ccccc1. The van der Waals surface area contributed by atoms with Crippen LogP contribution in [0.5, 0.6) is 0 Å². The van der Waals surface area contributed by atoms with Crippen LogP contribution in [0.3, 0.4) is 0 Å². The zero-order chi connectivity index (χ0) is 24.1. The second kappa shape index (κ2) is 13.2. The molecular weight excluding hydrogens is 428 g/mol. The molecule has 0 radical (unpaired) electrons. The Bertz CT molecular complexity index is 1180. The van der Waals surface area contributed by atoms with E-state index in [4.69, 9.17) is 9.98 Å². The largest absolute Gasteiger partial charge is 0.391 e. The number of aliphatic hydroxyl groups is 1. The highest BCUT2D eigenvalue weighted by Gasteiger charge is 2.23. The number of nitrogens with zero attached hydrogens (tertiary/aromatic N) is 2. The fraction of sp³-hybridized carbons (Fsp3) is 0.188. The molecule has 35 heavy (non-hydrogen) atoms. The molecule has 0 unspecified atom stereocenters. The third-order valence-electron chi connectivity index (χ3n) is 6.01. The van der Waals surface area contributed by atoms with Crippen molar-refractivity contribution >= 4 is 12.4 Å². The van der Waals surface area contributed by atoms with Gasteiger partial charge in [-0.3, -0.25) is 9.98 Å². The van der Waals surface area contributed by atoms with Crippen molar-refractivity contribution in [1.82, 2.24) is 0 Å². The summed E-state index contributed by atoms with van der Waals surface area (Å²) in [6, 6.07) is 40.4. The second-order valence-electron chi connectivity index (χ2n) is 8.78. The van der Waals surface area contributed by atoms with E-state index in [0.717, 1.165) is 23.1 Å². The average Bonchev–Trinajstić information content (AvgIpc) is 2.92. The highest BCUT2D eigenvalue weighted by atomic mass is 16.3. The van der Waals surface area contributed by atoms with E-state index in [9.17, 15) is 5.11 Å². The minimum Gasteiger partial charge on any atom is -0.391 e. The Morgan fingerprint density at radius 2 is 0.971 bits per heavy atom. The molecule has 0 saturated heterocycles. The first-order chi connectivity index (χ1) is 17.3. The van der Waals surface area contributed by atoms with Gasteiger partial charge in [0.1, 0.15) is 0 Å². The second-order valence-corrected chi connectivity index (χ2v) is 8.78. The Labute approximate surface area is 208 Å². The average molecular weight is 461 g/mol. The third kappa shape index (κ3) is 8.16. The molecule has 0 saturated carbocycles. The van der Waals surface area contributed by atoms with Gasteiger partial charge in [-0.05, 0) is 41.5 Å². The van der Waals surface area contributed by atoms with Gasteiger partial charge in [-0.25, -0.2) is 0 Å². The monoisotopic (exact) mass is 460 g/mol. The fourth-order valence-corrected chi connectivity index (χ4v) is 4.11. The first-order valence-electron chi connectivity index (χ1n) is 12.2. The summed E-state index contributed by atoms with van der Waals surface area (Å²) in [6.07, 6.45) is 5.13. The number of hydrogen-bond donors (Lipinski definition) is 1. The summed E-state index contributed by atoms with van der Waals surface area (Å²) in [5, 5.41) is 11.4. The van der Waals surface area contributed by atoms with Crippen LogP contribution >= 0.6 is 0 Å². The number of hydrogen-bond acceptors (Lipinski definition) is 3. The van der Waals surface area contributed by atoms with Crippen molar-refractivity contribution in [3.8, 4) is 0 Å². The van der Waals surface area contributed by atoms with Crippen molar-refractivity contribution in [1.29, 1.82) is 0 Å². The smallest absolute Gasteiger partial charge is 0.0799 e. The normalized spacial score (nSPS) is 14.2. The van der Waals surface area contributed by atoms with Gasteiger partial charge < -0.3 is 5.11 Å². The Morgan fingerprint density at radius 1 is 0.543 bits per heavy atom. The van der Waals surface area contributed by atoms with E-state index in [1.54, 1.807) is 0 Å². The molecule has 0 spiro atoms. The lowest BCUT2D eigenvalue weighted by Crippen LogP contribution is -2.31. The Hall–Kier alpha value is -3.82. The zero-order valence-electron chi connectivity index (χ0n) is 19.9. The number of benzene rings is 4. The molecule has 4 aromatic carbocycles. The maximum absolute atomic E-state index is 11.4. The van der Waals surface area contributed by atoms with Gasteiger partial charge in [-0.15, -0.1) is 0 Å². The number of rotatable bonds is 11. The molecule has 0 aliphatic rings. The van der Waals surface area contributed by atoms with Crippen molar-refractivity contribution in [3.63, 3.8) is 0 Å². The van der Waals surface area contributed by atoms with Crippen LogP contribution in [0.15, 0.2) is 131 Å². The van der Waals surface area contributed by atoms with Gasteiger partial charge in [0.05, 0.1) is 18.2 Å². The number of aliphatic imine (C=N–C) groups is 2. The summed E-state index contributed by atoms with van der Waals surface area (Å²) >= 11 is 0. The van der Waals surface area contributed by atoms with Gasteiger partial charge in [0.2, 0.25) is 0 Å². The van der Waals surface area contributed by atoms with E-state index in [0.29, 0.717) is 12.8 Å². The van der Waals surface area contributed by atoms with Crippen LogP contribution in [0.25, 0.3) is 0 Å². The Kier molecular flexibility index (Phi) is 9.14. The van der Waals surface area contributed by atoms with Gasteiger partial charge in [-0.1, -0.05) is 121 Å². The molecule has 0 aromatic heterocycles. The van der Waals surface area contributed by atoms with Crippen molar-refractivity contribution in [3.05, 3.63) is 144 Å². The van der Waals surface area contributed by atoms with Crippen LogP contribution in [0, 0.1) is 0 Å². The molecule has 0 heterocycles. The van der Waals surface area contributed by atoms with Gasteiger partial charge in [0.15, 0.2) is 0 Å². The summed E-state index contributed by atoms with van der Waals surface area (Å²) in [5.74, 6) is 0. The first-order valence-corrected chi connectivity index (χ1v) is 12.2. The van der Waals surface area contributed by atoms with Crippen molar-refractivity contribution in [2.75, 3.05) is 0 Å². The molecule has 3 heteroatoms. The van der Waals surface area contributed by atoms with Gasteiger partial charge in [-0.2, -0.15) is 0 Å². The lowest BCUT2D eigenvalue weighted by Gasteiger charge is -2.23. The zero-order valence-corrected chi connectivity index (χ0v) is 19.9. The molecule has 4 rings (SSSR count). The molecule has 0 fully saturated rings. The van der Waals surface area contributed by atoms with Crippen LogP contribution in [0.1, 0.15) is 28.7 Å². The van der Waals surface area contributed by atoms with Gasteiger partial charge in [0, 0.05) is 12.4 Å². The summed E-state index contributed by atoms with van der Waals surface area (Å²) in [4.78, 5) is 9.74. The van der Waals surface area contributed by atoms with E-state index in [1.165, 1.54) is 5.56 Å². The lowest BCUT2D eigenvalue weighted by molar-refractivity contribution is 0.128. The molecule has 3 atom stereocenters. The fourth-order valence-electron chi connectivity index (χ4n) is 4.11. The summed E-state index contributed by atoms with van der Waals surface area (Å²) in [7, 11) is 0. The maximum Gasteiger partial charge on any atom is 0.0799 e. The molecule has 1 N–H and O–H groups in total. The van der Waals surface area contributed by atoms with E-state index in [1.807, 2.05) is 109 Å². The van der Waals surface area contributed by atoms with Crippen molar-refractivity contribution in [2.45, 2.75) is 37.5 Å². The predicted molar refractivity (Wildman–Crippen MR) is 147 cm³/mol. The Balaban J connectivity index is 1.54. The molecule has 0 bridgehead atoms. The summed E-state index contributed by atoms with van der Waals surface area (Å²) < 4.78 is 0. The van der Waals surface area contributed by atoms with Crippen molar-refractivity contribution in [2.24, 2.45) is 9.98 Å². The van der Waals surface area contributed by atoms with Gasteiger partial charge in [0.25, 0.3) is 0 Å². The summed E-state index contributed by atoms with van der Waals surface area (Å²) in [5.41, 5.74) is 4.46. The lowest BCUT2D eigenvalue weighted by atomic mass is 9.94. The molecule has 4 aromatic rings. The predicted octanol–water partition coefficient (Wildman–Crippen LogP) is 6.20.